The first kappa shape index (κ1) is 22.0. The van der Waals surface area contributed by atoms with Gasteiger partial charge in [-0.25, -0.2) is 0 Å². The molecule has 0 aliphatic rings. The van der Waals surface area contributed by atoms with Crippen LogP contribution >= 0.6 is 0 Å². The summed E-state index contributed by atoms with van der Waals surface area (Å²) in [6.45, 7) is 0. The summed E-state index contributed by atoms with van der Waals surface area (Å²) in [5, 5.41) is 0. The van der Waals surface area contributed by atoms with E-state index in [4.69, 9.17) is 0 Å². The summed E-state index contributed by atoms with van der Waals surface area (Å²) >= 11 is 0. The van der Waals surface area contributed by atoms with Crippen LogP contribution < -0.4 is 0 Å². The van der Waals surface area contributed by atoms with Crippen molar-refractivity contribution in [1.29, 1.82) is 0 Å². The van der Waals surface area contributed by atoms with Crippen LogP contribution in [0.2, 0.25) is 0 Å². The summed E-state index contributed by atoms with van der Waals surface area (Å²) in [5.41, 5.74) is 2.09. The molecule has 0 spiro atoms. The number of ketones is 2. The van der Waals surface area contributed by atoms with Crippen LogP contribution in [0.25, 0.3) is 0 Å². The number of benzene rings is 2. The van der Waals surface area contributed by atoms with Crippen LogP contribution in [0.1, 0.15) is 52.8 Å². The number of allylic oxidation sites excluding steroid dienone is 6. The van der Waals surface area contributed by atoms with Crippen molar-refractivity contribution in [3.63, 3.8) is 0 Å². The van der Waals surface area contributed by atoms with Crippen molar-refractivity contribution in [2.45, 2.75) is 32.1 Å². The van der Waals surface area contributed by atoms with E-state index in [1.165, 1.54) is 0 Å². The highest BCUT2D eigenvalue weighted by molar-refractivity contribution is 6.04. The molecule has 0 atom stereocenters. The summed E-state index contributed by atoms with van der Waals surface area (Å²) < 4.78 is 0. The normalized spacial score (nSPS) is 11.8. The molecule has 148 valence electrons. The quantitative estimate of drug-likeness (QED) is 0.196. The molecule has 0 heterocycles. The highest BCUT2D eigenvalue weighted by atomic mass is 16.1. The first-order valence-corrected chi connectivity index (χ1v) is 9.86. The smallest absolute Gasteiger partial charge is 0.185 e. The fraction of sp³-hybridized carbons (Fsp3) is 0.192. The zero-order chi connectivity index (χ0) is 20.7. The van der Waals surface area contributed by atoms with E-state index in [0.29, 0.717) is 24.0 Å². The molecule has 0 saturated carbocycles. The monoisotopic (exact) mass is 386 g/mol. The van der Waals surface area contributed by atoms with Gasteiger partial charge in [0, 0.05) is 11.1 Å². The second kappa shape index (κ2) is 12.9. The van der Waals surface area contributed by atoms with E-state index in [2.05, 4.69) is 0 Å². The minimum Gasteiger partial charge on any atom is -0.298 e. The van der Waals surface area contributed by atoms with Crippen LogP contribution in [0.4, 0.5) is 0 Å². The number of carbonyl (C=O) groups is 3. The number of aldehydes is 1. The Balaban J connectivity index is 1.67. The van der Waals surface area contributed by atoms with Gasteiger partial charge in [-0.2, -0.15) is 0 Å². The molecule has 3 heteroatoms. The van der Waals surface area contributed by atoms with E-state index in [1.54, 1.807) is 36.4 Å². The third-order valence-electron chi connectivity index (χ3n) is 4.39. The summed E-state index contributed by atoms with van der Waals surface area (Å²) in [5.74, 6) is -0.0226. The average molecular weight is 386 g/mol. The Kier molecular flexibility index (Phi) is 9.81. The summed E-state index contributed by atoms with van der Waals surface area (Å²) in [6, 6.07) is 18.3. The Morgan fingerprint density at radius 2 is 1.21 bits per heavy atom. The van der Waals surface area contributed by atoms with Gasteiger partial charge in [0.2, 0.25) is 0 Å². The first-order valence-electron chi connectivity index (χ1n) is 9.86. The van der Waals surface area contributed by atoms with Gasteiger partial charge in [0.1, 0.15) is 6.29 Å². The molecule has 0 aromatic heterocycles. The van der Waals surface area contributed by atoms with E-state index in [-0.39, 0.29) is 11.6 Å². The largest absolute Gasteiger partial charge is 0.298 e. The number of hydrogen-bond acceptors (Lipinski definition) is 3. The highest BCUT2D eigenvalue weighted by Gasteiger charge is 2.00. The predicted molar refractivity (Wildman–Crippen MR) is 117 cm³/mol. The molecule has 0 aliphatic carbocycles. The van der Waals surface area contributed by atoms with Crippen LogP contribution in [-0.2, 0) is 4.79 Å². The number of hydrogen-bond donors (Lipinski definition) is 0. The first-order chi connectivity index (χ1) is 14.2. The van der Waals surface area contributed by atoms with Crippen molar-refractivity contribution in [1.82, 2.24) is 0 Å². The Labute approximate surface area is 172 Å². The molecule has 0 saturated heterocycles. The van der Waals surface area contributed by atoms with Crippen molar-refractivity contribution < 1.29 is 14.4 Å². The lowest BCUT2D eigenvalue weighted by atomic mass is 10.1. The van der Waals surface area contributed by atoms with Crippen molar-refractivity contribution in [2.75, 3.05) is 0 Å². The highest BCUT2D eigenvalue weighted by Crippen LogP contribution is 2.09. The summed E-state index contributed by atoms with van der Waals surface area (Å²) in [4.78, 5) is 35.1. The molecule has 2 aromatic rings. The summed E-state index contributed by atoms with van der Waals surface area (Å²) in [7, 11) is 0. The van der Waals surface area contributed by atoms with E-state index in [1.807, 2.05) is 54.6 Å². The standard InChI is InChI=1S/C26H26O3/c27-21-22(14-11-12-20-26(29)24-17-8-4-9-18-24)13-5-1-2-10-19-25(28)23-15-6-3-7-16-23/h3-4,6-10,12-13,15-21H,1-2,5,11,14H2/b19-10+,20-12+,22-13-. The number of carbonyl (C=O) groups excluding carboxylic acids is 3. The Morgan fingerprint density at radius 1 is 0.690 bits per heavy atom. The molecule has 0 fully saturated rings. The van der Waals surface area contributed by atoms with Crippen LogP contribution in [0.3, 0.4) is 0 Å². The molecule has 0 aliphatic heterocycles. The second-order valence-corrected chi connectivity index (χ2v) is 6.63. The fourth-order valence-corrected chi connectivity index (χ4v) is 2.76. The Hall–Kier alpha value is -3.33. The Bertz CT molecular complexity index is 875. The topological polar surface area (TPSA) is 51.2 Å². The minimum absolute atomic E-state index is 0.00607. The molecule has 0 N–H and O–H groups in total. The van der Waals surface area contributed by atoms with E-state index in [9.17, 15) is 14.4 Å². The van der Waals surface area contributed by atoms with Gasteiger partial charge in [0.15, 0.2) is 11.6 Å². The lowest BCUT2D eigenvalue weighted by Gasteiger charge is -1.98. The SMILES string of the molecule is O=C/C(=C\CCC/C=C/C(=O)c1ccccc1)CC/C=C/C(=O)c1ccccc1. The van der Waals surface area contributed by atoms with Crippen molar-refractivity contribution in [2.24, 2.45) is 0 Å². The minimum atomic E-state index is -0.0286. The predicted octanol–water partition coefficient (Wildman–Crippen LogP) is 5.94. The Morgan fingerprint density at radius 3 is 1.72 bits per heavy atom. The molecule has 29 heavy (non-hydrogen) atoms. The second-order valence-electron chi connectivity index (χ2n) is 6.63. The third-order valence-corrected chi connectivity index (χ3v) is 4.39. The molecule has 2 aromatic carbocycles. The van der Waals surface area contributed by atoms with Gasteiger partial charge in [-0.15, -0.1) is 0 Å². The maximum absolute atomic E-state index is 12.0. The van der Waals surface area contributed by atoms with Crippen LogP contribution in [0, 0.1) is 0 Å². The molecular formula is C26H26O3. The van der Waals surface area contributed by atoms with Crippen molar-refractivity contribution in [3.05, 3.63) is 108 Å². The summed E-state index contributed by atoms with van der Waals surface area (Å²) in [6.07, 6.45) is 13.4. The zero-order valence-electron chi connectivity index (χ0n) is 16.5. The fourth-order valence-electron chi connectivity index (χ4n) is 2.76. The van der Waals surface area contributed by atoms with Gasteiger partial charge < -0.3 is 0 Å². The molecule has 2 rings (SSSR count). The lowest BCUT2D eigenvalue weighted by molar-refractivity contribution is -0.105. The van der Waals surface area contributed by atoms with Crippen LogP contribution in [-0.4, -0.2) is 17.9 Å². The van der Waals surface area contributed by atoms with Crippen molar-refractivity contribution in [3.8, 4) is 0 Å². The maximum atomic E-state index is 12.0. The van der Waals surface area contributed by atoms with E-state index < -0.39 is 0 Å². The molecule has 3 nitrogen and oxygen atoms in total. The zero-order valence-corrected chi connectivity index (χ0v) is 16.5. The average Bonchev–Trinajstić information content (AvgIpc) is 2.78. The van der Waals surface area contributed by atoms with Crippen LogP contribution in [0.5, 0.6) is 0 Å². The lowest BCUT2D eigenvalue weighted by Crippen LogP contribution is -1.93. The third kappa shape index (κ3) is 8.48. The number of unbranched alkanes of at least 4 members (excludes halogenated alkanes) is 2. The van der Waals surface area contributed by atoms with E-state index in [0.717, 1.165) is 31.1 Å². The van der Waals surface area contributed by atoms with Gasteiger partial charge >= 0.3 is 0 Å². The molecule has 0 bridgehead atoms. The molecule has 0 unspecified atom stereocenters. The van der Waals surface area contributed by atoms with Crippen molar-refractivity contribution >= 4 is 17.9 Å². The van der Waals surface area contributed by atoms with Gasteiger partial charge in [-0.05, 0) is 49.8 Å². The van der Waals surface area contributed by atoms with Gasteiger partial charge in [0.05, 0.1) is 0 Å². The maximum Gasteiger partial charge on any atom is 0.185 e. The van der Waals surface area contributed by atoms with E-state index >= 15 is 0 Å². The van der Waals surface area contributed by atoms with Crippen LogP contribution in [0.15, 0.2) is 96.6 Å². The molecular weight excluding hydrogens is 360 g/mol. The van der Waals surface area contributed by atoms with Gasteiger partial charge in [0.25, 0.3) is 0 Å². The van der Waals surface area contributed by atoms with Gasteiger partial charge in [-0.3, -0.25) is 14.4 Å². The molecule has 0 radical (unpaired) electrons. The molecule has 0 amide bonds. The number of rotatable bonds is 12. The van der Waals surface area contributed by atoms with Gasteiger partial charge in [-0.1, -0.05) is 78.9 Å².